The highest BCUT2D eigenvalue weighted by molar-refractivity contribution is 5.79. The summed E-state index contributed by atoms with van der Waals surface area (Å²) in [5, 5.41) is 3.49. The number of hydrogen-bond donors (Lipinski definition) is 1. The summed E-state index contributed by atoms with van der Waals surface area (Å²) in [6.45, 7) is 9.16. The Morgan fingerprint density at radius 2 is 2.11 bits per heavy atom. The van der Waals surface area contributed by atoms with Gasteiger partial charge in [-0.1, -0.05) is 25.6 Å². The molecule has 150 valence electrons. The van der Waals surface area contributed by atoms with Crippen LogP contribution in [0.4, 0.5) is 13.2 Å². The largest absolute Gasteiger partial charge is 0.418 e. The lowest BCUT2D eigenvalue weighted by Crippen LogP contribution is -2.38. The van der Waals surface area contributed by atoms with Gasteiger partial charge in [-0.2, -0.15) is 13.2 Å². The first-order chi connectivity index (χ1) is 12.8. The monoisotopic (exact) mass is 382 g/mol. The predicted molar refractivity (Wildman–Crippen MR) is 103 cm³/mol. The molecule has 3 nitrogen and oxygen atoms in total. The van der Waals surface area contributed by atoms with E-state index in [9.17, 15) is 13.2 Å². The Bertz CT molecular complexity index is 670. The van der Waals surface area contributed by atoms with Crippen LogP contribution in [-0.4, -0.2) is 37.5 Å². The number of allylic oxidation sites excluding steroid dienone is 3. The van der Waals surface area contributed by atoms with Crippen molar-refractivity contribution in [2.75, 3.05) is 20.3 Å². The normalized spacial score (nSPS) is 24.1. The first-order valence-electron chi connectivity index (χ1n) is 9.38. The van der Waals surface area contributed by atoms with Gasteiger partial charge < -0.3 is 10.1 Å². The van der Waals surface area contributed by atoms with Crippen LogP contribution in [-0.2, 0) is 4.74 Å². The Labute approximate surface area is 159 Å². The van der Waals surface area contributed by atoms with Crippen LogP contribution in [0.1, 0.15) is 44.4 Å². The fourth-order valence-electron chi connectivity index (χ4n) is 3.95. The van der Waals surface area contributed by atoms with E-state index in [2.05, 4.69) is 23.8 Å². The van der Waals surface area contributed by atoms with Crippen LogP contribution in [0.25, 0.3) is 11.1 Å². The number of halogens is 3. The van der Waals surface area contributed by atoms with E-state index in [1.54, 1.807) is 19.2 Å². The van der Waals surface area contributed by atoms with Crippen LogP contribution in [0.3, 0.4) is 0 Å². The molecule has 27 heavy (non-hydrogen) atoms. The third-order valence-corrected chi connectivity index (χ3v) is 5.18. The highest BCUT2D eigenvalue weighted by Gasteiger charge is 2.37. The van der Waals surface area contributed by atoms with Crippen molar-refractivity contribution in [1.82, 2.24) is 10.3 Å². The molecule has 1 aliphatic carbocycles. The minimum absolute atomic E-state index is 0.0281. The van der Waals surface area contributed by atoms with Crippen LogP contribution < -0.4 is 5.32 Å². The lowest BCUT2D eigenvalue weighted by atomic mass is 9.74. The van der Waals surface area contributed by atoms with Gasteiger partial charge in [0.1, 0.15) is 0 Å². The lowest BCUT2D eigenvalue weighted by molar-refractivity contribution is -0.0692. The van der Waals surface area contributed by atoms with Gasteiger partial charge in [-0.05, 0) is 49.7 Å². The van der Waals surface area contributed by atoms with E-state index in [4.69, 9.17) is 4.74 Å². The number of rotatable bonds is 7. The van der Waals surface area contributed by atoms with Crippen molar-refractivity contribution in [3.05, 3.63) is 42.2 Å². The molecule has 1 saturated carbocycles. The Hall–Kier alpha value is -1.66. The van der Waals surface area contributed by atoms with Crippen molar-refractivity contribution in [2.45, 2.75) is 45.3 Å². The zero-order valence-electron chi connectivity index (χ0n) is 16.3. The van der Waals surface area contributed by atoms with E-state index in [-0.39, 0.29) is 11.6 Å². The third kappa shape index (κ3) is 5.66. The van der Waals surface area contributed by atoms with Crippen LogP contribution in [0.5, 0.6) is 0 Å². The summed E-state index contributed by atoms with van der Waals surface area (Å²) < 4.78 is 45.4. The van der Waals surface area contributed by atoms with Crippen molar-refractivity contribution in [2.24, 2.45) is 11.8 Å². The van der Waals surface area contributed by atoms with Crippen molar-refractivity contribution in [3.8, 4) is 0 Å². The summed E-state index contributed by atoms with van der Waals surface area (Å²) in [6.07, 6.45) is 0.876. The van der Waals surface area contributed by atoms with Crippen molar-refractivity contribution < 1.29 is 17.9 Å². The highest BCUT2D eigenvalue weighted by Crippen LogP contribution is 2.41. The number of ether oxygens (including phenoxy) is 1. The zero-order valence-corrected chi connectivity index (χ0v) is 16.3. The maximum Gasteiger partial charge on any atom is 0.418 e. The summed E-state index contributed by atoms with van der Waals surface area (Å²) in [5.74, 6) is 0.604. The smallest absolute Gasteiger partial charge is 0.383 e. The fraction of sp³-hybridized carbons (Fsp3) is 0.571. The minimum atomic E-state index is -4.44. The van der Waals surface area contributed by atoms with Gasteiger partial charge in [0.2, 0.25) is 0 Å². The Kier molecular flexibility index (Phi) is 7.62. The minimum Gasteiger partial charge on any atom is -0.383 e. The first kappa shape index (κ1) is 21.6. The number of pyridine rings is 1. The molecular formula is C21H29F3N2O. The molecule has 0 aliphatic heterocycles. The maximum atomic E-state index is 13.4. The average molecular weight is 382 g/mol. The molecule has 6 heteroatoms. The molecule has 0 radical (unpaired) electrons. The van der Waals surface area contributed by atoms with E-state index < -0.39 is 11.7 Å². The lowest BCUT2D eigenvalue weighted by Gasteiger charge is -2.35. The molecule has 0 spiro atoms. The Morgan fingerprint density at radius 3 is 2.74 bits per heavy atom. The number of nitrogens with one attached hydrogen (secondary N) is 1. The second kappa shape index (κ2) is 9.51. The number of nitrogens with zero attached hydrogens (tertiary/aromatic N) is 1. The molecule has 2 rings (SSSR count). The van der Waals surface area contributed by atoms with E-state index in [1.807, 2.05) is 0 Å². The zero-order chi connectivity index (χ0) is 20.0. The molecule has 0 bridgehead atoms. The van der Waals surface area contributed by atoms with Gasteiger partial charge >= 0.3 is 6.18 Å². The molecule has 1 aromatic rings. The summed E-state index contributed by atoms with van der Waals surface area (Å²) in [6, 6.07) is 3.69. The van der Waals surface area contributed by atoms with Crippen LogP contribution in [0, 0.1) is 11.8 Å². The highest BCUT2D eigenvalue weighted by atomic mass is 19.4. The molecule has 0 amide bonds. The maximum absolute atomic E-state index is 13.4. The molecule has 1 heterocycles. The van der Waals surface area contributed by atoms with E-state index >= 15 is 0 Å². The van der Waals surface area contributed by atoms with Gasteiger partial charge in [0, 0.05) is 31.5 Å². The number of alkyl halides is 3. The SMILES string of the molecule is C=C(c1cccnc1/C(=C\C)C(F)(F)F)[C@H]1C[C@@H](C)C[C@@H](NCCOC)C1. The quantitative estimate of drug-likeness (QED) is 0.666. The van der Waals surface area contributed by atoms with Gasteiger partial charge in [-0.15, -0.1) is 0 Å². The molecule has 1 aromatic heterocycles. The molecule has 1 N–H and O–H groups in total. The third-order valence-electron chi connectivity index (χ3n) is 5.18. The molecular weight excluding hydrogens is 353 g/mol. The van der Waals surface area contributed by atoms with Crippen LogP contribution in [0.2, 0.25) is 0 Å². The van der Waals surface area contributed by atoms with E-state index in [1.165, 1.54) is 13.1 Å². The molecule has 3 atom stereocenters. The molecule has 0 saturated heterocycles. The van der Waals surface area contributed by atoms with Gasteiger partial charge in [0.25, 0.3) is 0 Å². The standard InChI is InChI=1S/C21H29F3N2O/c1-5-19(21(22,23)24)20-18(7-6-8-26-20)15(3)16-11-14(2)12-17(13-16)25-9-10-27-4/h5-8,14,16-17,25H,3,9-13H2,1-2,4H3/b19-5+/t14-,16+,17-/m1/s1. The van der Waals surface area contributed by atoms with Crippen molar-refractivity contribution in [3.63, 3.8) is 0 Å². The van der Waals surface area contributed by atoms with Crippen LogP contribution in [0.15, 0.2) is 31.0 Å². The molecule has 0 aromatic carbocycles. The summed E-state index contributed by atoms with van der Waals surface area (Å²) >= 11 is 0. The second-order valence-corrected chi connectivity index (χ2v) is 7.28. The number of methoxy groups -OCH3 is 1. The summed E-state index contributed by atoms with van der Waals surface area (Å²) in [5.41, 5.74) is 0.502. The van der Waals surface area contributed by atoms with Crippen molar-refractivity contribution >= 4 is 11.1 Å². The van der Waals surface area contributed by atoms with Gasteiger partial charge in [-0.3, -0.25) is 4.98 Å². The fourth-order valence-corrected chi connectivity index (χ4v) is 3.95. The van der Waals surface area contributed by atoms with Crippen molar-refractivity contribution in [1.29, 1.82) is 0 Å². The predicted octanol–water partition coefficient (Wildman–Crippen LogP) is 5.10. The van der Waals surface area contributed by atoms with Gasteiger partial charge in [0.15, 0.2) is 0 Å². The summed E-state index contributed by atoms with van der Waals surface area (Å²) in [7, 11) is 1.67. The number of hydrogen-bond acceptors (Lipinski definition) is 3. The summed E-state index contributed by atoms with van der Waals surface area (Å²) in [4.78, 5) is 4.05. The second-order valence-electron chi connectivity index (χ2n) is 7.28. The molecule has 1 aliphatic rings. The van der Waals surface area contributed by atoms with Gasteiger partial charge in [0.05, 0.1) is 17.9 Å². The Balaban J connectivity index is 2.24. The topological polar surface area (TPSA) is 34.2 Å². The average Bonchev–Trinajstić information content (AvgIpc) is 2.61. The molecule has 1 fully saturated rings. The number of aromatic nitrogens is 1. The van der Waals surface area contributed by atoms with Crippen LogP contribution >= 0.6 is 0 Å². The Morgan fingerprint density at radius 1 is 1.37 bits per heavy atom. The molecule has 0 unspecified atom stereocenters. The van der Waals surface area contributed by atoms with E-state index in [0.717, 1.165) is 37.5 Å². The van der Waals surface area contributed by atoms with E-state index in [0.29, 0.717) is 24.1 Å². The van der Waals surface area contributed by atoms with Gasteiger partial charge in [-0.25, -0.2) is 0 Å². The first-order valence-corrected chi connectivity index (χ1v) is 9.38.